The van der Waals surface area contributed by atoms with Crippen molar-refractivity contribution in [3.8, 4) is 11.4 Å². The molecular formula is C25H29FN4O. The zero-order valence-electron chi connectivity index (χ0n) is 17.8. The Kier molecular flexibility index (Phi) is 6.09. The first kappa shape index (κ1) is 20.3. The maximum absolute atomic E-state index is 13.5. The minimum Gasteiger partial charge on any atom is -0.339 e. The lowest BCUT2D eigenvalue weighted by molar-refractivity contribution is 0.136. The van der Waals surface area contributed by atoms with Crippen LogP contribution in [0.15, 0.2) is 59.1 Å². The predicted octanol–water partition coefficient (Wildman–Crippen LogP) is 4.37. The van der Waals surface area contributed by atoms with Crippen molar-refractivity contribution in [2.75, 3.05) is 32.7 Å². The molecule has 0 spiro atoms. The average molecular weight is 421 g/mol. The van der Waals surface area contributed by atoms with E-state index in [1.165, 1.54) is 30.7 Å². The van der Waals surface area contributed by atoms with E-state index in [-0.39, 0.29) is 11.7 Å². The van der Waals surface area contributed by atoms with Crippen molar-refractivity contribution in [1.29, 1.82) is 0 Å². The fourth-order valence-electron chi connectivity index (χ4n) is 4.93. The maximum atomic E-state index is 13.5. The Morgan fingerprint density at radius 3 is 2.77 bits per heavy atom. The third-order valence-corrected chi connectivity index (χ3v) is 6.65. The maximum Gasteiger partial charge on any atom is 0.231 e. The molecule has 3 heterocycles. The van der Waals surface area contributed by atoms with E-state index < -0.39 is 0 Å². The number of hydrogen-bond acceptors (Lipinski definition) is 5. The normalized spacial score (nSPS) is 22.7. The van der Waals surface area contributed by atoms with Crippen LogP contribution in [0.2, 0.25) is 0 Å². The number of likely N-dealkylation sites (tertiary alicyclic amines) is 2. The van der Waals surface area contributed by atoms with E-state index in [0.29, 0.717) is 23.3 Å². The predicted molar refractivity (Wildman–Crippen MR) is 118 cm³/mol. The van der Waals surface area contributed by atoms with Gasteiger partial charge in [-0.25, -0.2) is 4.39 Å². The third-order valence-electron chi connectivity index (χ3n) is 6.65. The second-order valence-electron chi connectivity index (χ2n) is 8.78. The molecule has 0 saturated carbocycles. The van der Waals surface area contributed by atoms with Crippen LogP contribution in [0.25, 0.3) is 11.4 Å². The van der Waals surface area contributed by atoms with Gasteiger partial charge in [0.2, 0.25) is 11.7 Å². The fraction of sp³-hybridized carbons (Fsp3) is 0.440. The molecule has 2 unspecified atom stereocenters. The number of hydrogen-bond donors (Lipinski definition) is 0. The summed E-state index contributed by atoms with van der Waals surface area (Å²) in [5, 5.41) is 4.11. The monoisotopic (exact) mass is 420 g/mol. The molecule has 5 rings (SSSR count). The van der Waals surface area contributed by atoms with Crippen LogP contribution in [-0.2, 0) is 6.42 Å². The zero-order chi connectivity index (χ0) is 21.0. The van der Waals surface area contributed by atoms with Gasteiger partial charge >= 0.3 is 0 Å². The van der Waals surface area contributed by atoms with Crippen molar-refractivity contribution in [1.82, 2.24) is 19.9 Å². The smallest absolute Gasteiger partial charge is 0.231 e. The molecule has 0 amide bonds. The highest BCUT2D eigenvalue weighted by Crippen LogP contribution is 2.30. The Balaban J connectivity index is 1.17. The Hall–Kier alpha value is -2.57. The molecule has 162 valence electrons. The van der Waals surface area contributed by atoms with Crippen LogP contribution in [0.1, 0.15) is 36.6 Å². The summed E-state index contributed by atoms with van der Waals surface area (Å²) in [6.45, 7) is 5.53. The van der Waals surface area contributed by atoms with Gasteiger partial charge in [0.1, 0.15) is 5.82 Å². The van der Waals surface area contributed by atoms with E-state index in [1.54, 1.807) is 6.07 Å². The first-order chi connectivity index (χ1) is 15.2. The zero-order valence-corrected chi connectivity index (χ0v) is 17.8. The highest BCUT2D eigenvalue weighted by atomic mass is 19.1. The summed E-state index contributed by atoms with van der Waals surface area (Å²) < 4.78 is 19.1. The molecule has 2 aliphatic rings. The summed E-state index contributed by atoms with van der Waals surface area (Å²) in [6, 6.07) is 17.7. The van der Waals surface area contributed by atoms with Crippen molar-refractivity contribution in [3.05, 3.63) is 71.9 Å². The molecule has 2 atom stereocenters. The summed E-state index contributed by atoms with van der Waals surface area (Å²) >= 11 is 0. The molecule has 1 aromatic heterocycles. The highest BCUT2D eigenvalue weighted by molar-refractivity contribution is 5.53. The number of aromatic nitrogens is 2. The summed E-state index contributed by atoms with van der Waals surface area (Å²) in [4.78, 5) is 9.81. The van der Waals surface area contributed by atoms with Crippen LogP contribution in [0.5, 0.6) is 0 Å². The van der Waals surface area contributed by atoms with Gasteiger partial charge in [-0.2, -0.15) is 4.98 Å². The number of rotatable bonds is 6. The molecule has 0 N–H and O–H groups in total. The number of halogens is 1. The Morgan fingerprint density at radius 1 is 1.00 bits per heavy atom. The summed E-state index contributed by atoms with van der Waals surface area (Å²) in [6.07, 6.45) is 4.54. The fourth-order valence-corrected chi connectivity index (χ4v) is 4.93. The molecule has 2 aromatic carbocycles. The van der Waals surface area contributed by atoms with Gasteiger partial charge in [0.15, 0.2) is 0 Å². The van der Waals surface area contributed by atoms with Crippen molar-refractivity contribution >= 4 is 0 Å². The molecule has 0 bridgehead atoms. The molecule has 0 radical (unpaired) electrons. The first-order valence-corrected chi connectivity index (χ1v) is 11.3. The van der Waals surface area contributed by atoms with Gasteiger partial charge < -0.3 is 9.42 Å². The van der Waals surface area contributed by atoms with Gasteiger partial charge in [0.05, 0.1) is 5.92 Å². The second-order valence-corrected chi connectivity index (χ2v) is 8.78. The Morgan fingerprint density at radius 2 is 1.90 bits per heavy atom. The topological polar surface area (TPSA) is 45.4 Å². The third kappa shape index (κ3) is 4.86. The van der Waals surface area contributed by atoms with E-state index in [2.05, 4.69) is 50.3 Å². The standard InChI is InChI=1S/C25H29FN4O/c26-22-10-4-8-20(16-22)24-27-25(31-28-24)21-9-5-13-30(17-21)23-12-15-29(18-23)14-11-19-6-2-1-3-7-19/h1-4,6-8,10,16,21,23H,5,9,11-15,17-18H2. The van der Waals surface area contributed by atoms with E-state index in [9.17, 15) is 4.39 Å². The van der Waals surface area contributed by atoms with E-state index in [0.717, 1.165) is 45.4 Å². The van der Waals surface area contributed by atoms with Crippen molar-refractivity contribution < 1.29 is 8.91 Å². The van der Waals surface area contributed by atoms with Gasteiger partial charge in [-0.05, 0) is 56.5 Å². The molecule has 31 heavy (non-hydrogen) atoms. The molecule has 0 aliphatic carbocycles. The van der Waals surface area contributed by atoms with E-state index in [4.69, 9.17) is 4.52 Å². The van der Waals surface area contributed by atoms with Crippen LogP contribution in [-0.4, -0.2) is 58.7 Å². The molecule has 5 nitrogen and oxygen atoms in total. The largest absolute Gasteiger partial charge is 0.339 e. The van der Waals surface area contributed by atoms with Crippen molar-refractivity contribution in [2.45, 2.75) is 37.6 Å². The van der Waals surface area contributed by atoms with Crippen LogP contribution in [0.4, 0.5) is 4.39 Å². The van der Waals surface area contributed by atoms with Gasteiger partial charge in [-0.15, -0.1) is 0 Å². The second kappa shape index (κ2) is 9.28. The van der Waals surface area contributed by atoms with E-state index >= 15 is 0 Å². The van der Waals surface area contributed by atoms with Crippen LogP contribution >= 0.6 is 0 Å². The molecule has 6 heteroatoms. The van der Waals surface area contributed by atoms with Gasteiger partial charge in [-0.1, -0.05) is 47.6 Å². The highest BCUT2D eigenvalue weighted by Gasteiger charge is 2.33. The average Bonchev–Trinajstić information content (AvgIpc) is 3.49. The number of nitrogens with zero attached hydrogens (tertiary/aromatic N) is 4. The lowest BCUT2D eigenvalue weighted by atomic mass is 9.96. The van der Waals surface area contributed by atoms with E-state index in [1.807, 2.05) is 6.07 Å². The SMILES string of the molecule is Fc1cccc(-c2noc(C3CCCN(C4CCN(CCc5ccccc5)C4)C3)n2)c1. The summed E-state index contributed by atoms with van der Waals surface area (Å²) in [5.41, 5.74) is 2.07. The first-order valence-electron chi connectivity index (χ1n) is 11.3. The molecular weight excluding hydrogens is 391 g/mol. The minimum absolute atomic E-state index is 0.252. The number of piperidine rings is 1. The minimum atomic E-state index is -0.286. The molecule has 2 fully saturated rings. The van der Waals surface area contributed by atoms with Gasteiger partial charge in [0.25, 0.3) is 0 Å². The van der Waals surface area contributed by atoms with Crippen molar-refractivity contribution in [3.63, 3.8) is 0 Å². The van der Waals surface area contributed by atoms with Crippen LogP contribution in [0, 0.1) is 5.82 Å². The number of benzene rings is 2. The Labute approximate surface area is 182 Å². The summed E-state index contributed by atoms with van der Waals surface area (Å²) in [5.74, 6) is 1.12. The lowest BCUT2D eigenvalue weighted by Gasteiger charge is -2.35. The molecule has 2 saturated heterocycles. The van der Waals surface area contributed by atoms with Gasteiger partial charge in [-0.3, -0.25) is 4.90 Å². The summed E-state index contributed by atoms with van der Waals surface area (Å²) in [7, 11) is 0. The molecule has 3 aromatic rings. The Bertz CT molecular complexity index is 992. The van der Waals surface area contributed by atoms with Crippen LogP contribution < -0.4 is 0 Å². The molecule has 2 aliphatic heterocycles. The lowest BCUT2D eigenvalue weighted by Crippen LogP contribution is -2.43. The van der Waals surface area contributed by atoms with Crippen molar-refractivity contribution in [2.24, 2.45) is 0 Å². The van der Waals surface area contributed by atoms with Crippen LogP contribution in [0.3, 0.4) is 0 Å². The quantitative estimate of drug-likeness (QED) is 0.593. The van der Waals surface area contributed by atoms with Gasteiger partial charge in [0, 0.05) is 31.2 Å².